The Bertz CT molecular complexity index is 1420. The fraction of sp³-hybridized carbons (Fsp3) is 0.667. The Morgan fingerprint density at radius 2 is 0.580 bits per heavy atom. The molecule has 0 aromatic rings. The molecule has 0 rings (SSSR count). The van der Waals surface area contributed by atoms with Gasteiger partial charge in [0.25, 0.3) is 0 Å². The summed E-state index contributed by atoms with van der Waals surface area (Å²) in [5.41, 5.74) is 0. The number of ether oxygens (including phenoxy) is 3. The van der Waals surface area contributed by atoms with Gasteiger partial charge in [0.1, 0.15) is 13.2 Å². The van der Waals surface area contributed by atoms with Crippen LogP contribution in [0.2, 0.25) is 0 Å². The molecule has 6 nitrogen and oxygen atoms in total. The summed E-state index contributed by atoms with van der Waals surface area (Å²) in [5, 5.41) is 0. The van der Waals surface area contributed by atoms with Crippen LogP contribution < -0.4 is 0 Å². The molecule has 0 aliphatic heterocycles. The molecule has 0 aromatic heterocycles. The summed E-state index contributed by atoms with van der Waals surface area (Å²) in [5.74, 6) is -0.987. The minimum absolute atomic E-state index is 0.109. The van der Waals surface area contributed by atoms with E-state index in [0.717, 1.165) is 116 Å². The van der Waals surface area contributed by atoms with E-state index in [0.29, 0.717) is 19.3 Å². The quantitative estimate of drug-likeness (QED) is 0.0262. The summed E-state index contributed by atoms with van der Waals surface area (Å²) in [6, 6.07) is 0. The average molecular weight is 958 g/mol. The number of hydrogen-bond donors (Lipinski definition) is 0. The molecule has 1 atom stereocenters. The molecule has 0 aliphatic rings. The smallest absolute Gasteiger partial charge is 0.306 e. The number of esters is 3. The second-order valence-electron chi connectivity index (χ2n) is 18.4. The molecule has 0 bridgehead atoms. The van der Waals surface area contributed by atoms with Crippen LogP contribution in [-0.2, 0) is 28.6 Å². The highest BCUT2D eigenvalue weighted by Crippen LogP contribution is 2.14. The van der Waals surface area contributed by atoms with Gasteiger partial charge in [-0.25, -0.2) is 0 Å². The molecule has 6 heteroatoms. The molecule has 0 N–H and O–H groups in total. The van der Waals surface area contributed by atoms with Gasteiger partial charge in [-0.05, 0) is 116 Å². The fourth-order valence-electron chi connectivity index (χ4n) is 7.55. The lowest BCUT2D eigenvalue weighted by Gasteiger charge is -2.18. The molecule has 69 heavy (non-hydrogen) atoms. The van der Waals surface area contributed by atoms with Crippen LogP contribution in [0.3, 0.4) is 0 Å². The fourth-order valence-corrected chi connectivity index (χ4v) is 7.55. The second-order valence-corrected chi connectivity index (χ2v) is 18.4. The van der Waals surface area contributed by atoms with E-state index in [9.17, 15) is 14.4 Å². The zero-order valence-electron chi connectivity index (χ0n) is 44.8. The van der Waals surface area contributed by atoms with Crippen LogP contribution in [0.5, 0.6) is 0 Å². The summed E-state index contributed by atoms with van der Waals surface area (Å²) >= 11 is 0. The number of rotatable bonds is 50. The van der Waals surface area contributed by atoms with Crippen LogP contribution >= 0.6 is 0 Å². The van der Waals surface area contributed by atoms with E-state index in [1.54, 1.807) is 0 Å². The highest BCUT2D eigenvalue weighted by Gasteiger charge is 2.19. The largest absolute Gasteiger partial charge is 0.462 e. The van der Waals surface area contributed by atoms with Crippen molar-refractivity contribution < 1.29 is 28.6 Å². The first-order chi connectivity index (χ1) is 34.0. The highest BCUT2D eigenvalue weighted by molar-refractivity contribution is 5.71. The van der Waals surface area contributed by atoms with Crippen molar-refractivity contribution in [3.8, 4) is 0 Å². The summed E-state index contributed by atoms with van der Waals surface area (Å²) in [7, 11) is 0. The maximum Gasteiger partial charge on any atom is 0.306 e. The van der Waals surface area contributed by atoms with Crippen LogP contribution in [0.4, 0.5) is 0 Å². The van der Waals surface area contributed by atoms with E-state index in [1.807, 2.05) is 0 Å². The third-order valence-corrected chi connectivity index (χ3v) is 11.7. The molecule has 0 amide bonds. The van der Waals surface area contributed by atoms with Gasteiger partial charge < -0.3 is 14.2 Å². The van der Waals surface area contributed by atoms with Crippen molar-refractivity contribution >= 4 is 17.9 Å². The highest BCUT2D eigenvalue weighted by atomic mass is 16.6. The first-order valence-electron chi connectivity index (χ1n) is 28.4. The molecule has 0 saturated heterocycles. The van der Waals surface area contributed by atoms with Gasteiger partial charge in [-0.2, -0.15) is 0 Å². The van der Waals surface area contributed by atoms with E-state index < -0.39 is 6.10 Å². The van der Waals surface area contributed by atoms with Crippen LogP contribution in [0.1, 0.15) is 252 Å². The number of carbonyl (C=O) groups excluding carboxylic acids is 3. The summed E-state index contributed by atoms with van der Waals surface area (Å²) in [6.07, 6.45) is 76.5. The Morgan fingerprint density at radius 1 is 0.304 bits per heavy atom. The van der Waals surface area contributed by atoms with Crippen LogP contribution in [0.25, 0.3) is 0 Å². The van der Waals surface area contributed by atoms with Crippen molar-refractivity contribution in [1.29, 1.82) is 0 Å². The van der Waals surface area contributed by atoms with Gasteiger partial charge in [0, 0.05) is 19.3 Å². The lowest BCUT2D eigenvalue weighted by molar-refractivity contribution is -0.167. The first kappa shape index (κ1) is 65.1. The molecule has 392 valence electrons. The van der Waals surface area contributed by atoms with E-state index in [-0.39, 0.29) is 37.5 Å². The zero-order chi connectivity index (χ0) is 50.0. The standard InChI is InChI=1S/C63H104O6/c1-4-7-10-13-16-19-22-25-28-30-31-33-35-38-41-44-47-50-53-56-62(65)68-59-60(58-67-61(64)55-52-49-46-43-40-37-34-27-24-21-18-15-12-9-6-3)69-63(66)57-54-51-48-45-42-39-36-32-29-26-23-20-17-14-11-8-5-2/h8-9,11-12,17-18,20-21,25-29,34,36,39,45,48,60H,4-7,10,13-16,19,22-24,30-33,35,37-38,40-44,46-47,49-59H2,1-3H3/b11-8-,12-9-,20-17-,21-18-,28-25-,29-26-,34-27-,39-36-,48-45-/t60-/m1/s1. The van der Waals surface area contributed by atoms with Gasteiger partial charge in [0.05, 0.1) is 0 Å². The van der Waals surface area contributed by atoms with E-state index in [2.05, 4.69) is 130 Å². The lowest BCUT2D eigenvalue weighted by Crippen LogP contribution is -2.30. The Hall–Kier alpha value is -3.93. The van der Waals surface area contributed by atoms with Gasteiger partial charge in [-0.1, -0.05) is 226 Å². The van der Waals surface area contributed by atoms with Crippen molar-refractivity contribution in [2.75, 3.05) is 13.2 Å². The van der Waals surface area contributed by atoms with Crippen molar-refractivity contribution in [2.45, 2.75) is 258 Å². The molecule has 0 spiro atoms. The number of carbonyl (C=O) groups is 3. The Balaban J connectivity index is 4.49. The van der Waals surface area contributed by atoms with Gasteiger partial charge in [-0.3, -0.25) is 14.4 Å². The first-order valence-corrected chi connectivity index (χ1v) is 28.4. The van der Waals surface area contributed by atoms with Gasteiger partial charge >= 0.3 is 17.9 Å². The van der Waals surface area contributed by atoms with Crippen molar-refractivity contribution in [1.82, 2.24) is 0 Å². The number of unbranched alkanes of at least 4 members (excludes halogenated alkanes) is 21. The minimum Gasteiger partial charge on any atom is -0.462 e. The minimum atomic E-state index is -0.818. The molecular formula is C63H104O6. The van der Waals surface area contributed by atoms with E-state index in [1.165, 1.54) is 89.9 Å². The van der Waals surface area contributed by atoms with Gasteiger partial charge in [-0.15, -0.1) is 0 Å². The van der Waals surface area contributed by atoms with Crippen molar-refractivity contribution in [2.24, 2.45) is 0 Å². The maximum atomic E-state index is 12.8. The predicted molar refractivity (Wildman–Crippen MR) is 297 cm³/mol. The molecule has 0 saturated carbocycles. The van der Waals surface area contributed by atoms with Crippen LogP contribution in [0.15, 0.2) is 109 Å². The SMILES string of the molecule is CC/C=C\C/C=C\C/C=C\C/C=C\C/C=C\CCCC(=O)O[C@H](COC(=O)CCCCCCC/C=C\C/C=C\C/C=C\CC)COC(=O)CCCCCCCCCCC/C=C\CCCCCCCC. The number of hydrogen-bond acceptors (Lipinski definition) is 6. The monoisotopic (exact) mass is 957 g/mol. The molecule has 0 fully saturated rings. The average Bonchev–Trinajstić information content (AvgIpc) is 3.35. The molecule has 0 radical (unpaired) electrons. The van der Waals surface area contributed by atoms with Crippen molar-refractivity contribution in [3.63, 3.8) is 0 Å². The lowest BCUT2D eigenvalue weighted by atomic mass is 10.1. The van der Waals surface area contributed by atoms with Crippen LogP contribution in [0, 0.1) is 0 Å². The second kappa shape index (κ2) is 56.7. The molecular weight excluding hydrogens is 853 g/mol. The Kier molecular flexibility index (Phi) is 53.4. The predicted octanol–water partition coefficient (Wildman–Crippen LogP) is 19.1. The topological polar surface area (TPSA) is 78.9 Å². The maximum absolute atomic E-state index is 12.8. The number of allylic oxidation sites excluding steroid dienone is 18. The third kappa shape index (κ3) is 54.9. The molecule has 0 aromatic carbocycles. The summed E-state index contributed by atoms with van der Waals surface area (Å²) < 4.78 is 16.8. The molecule has 0 heterocycles. The van der Waals surface area contributed by atoms with Gasteiger partial charge in [0.15, 0.2) is 6.10 Å². The Labute approximate surface area is 425 Å². The third-order valence-electron chi connectivity index (χ3n) is 11.7. The molecule has 0 aliphatic carbocycles. The molecule has 0 unspecified atom stereocenters. The van der Waals surface area contributed by atoms with E-state index in [4.69, 9.17) is 14.2 Å². The summed E-state index contributed by atoms with van der Waals surface area (Å²) in [4.78, 5) is 38.1. The van der Waals surface area contributed by atoms with Gasteiger partial charge in [0.2, 0.25) is 0 Å². The van der Waals surface area contributed by atoms with Crippen molar-refractivity contribution in [3.05, 3.63) is 109 Å². The summed E-state index contributed by atoms with van der Waals surface area (Å²) in [6.45, 7) is 6.35. The Morgan fingerprint density at radius 3 is 0.942 bits per heavy atom. The van der Waals surface area contributed by atoms with Crippen LogP contribution in [-0.4, -0.2) is 37.2 Å². The zero-order valence-corrected chi connectivity index (χ0v) is 44.8. The van der Waals surface area contributed by atoms with E-state index >= 15 is 0 Å². The normalized spacial score (nSPS) is 12.9.